The van der Waals surface area contributed by atoms with Gasteiger partial charge in [-0.05, 0) is 26.3 Å². The lowest BCUT2D eigenvalue weighted by Gasteiger charge is -2.31. The lowest BCUT2D eigenvalue weighted by atomic mass is 9.97. The lowest BCUT2D eigenvalue weighted by Crippen LogP contribution is -2.51. The Balaban J connectivity index is 1.92. The zero-order valence-corrected chi connectivity index (χ0v) is 11.2. The van der Waals surface area contributed by atoms with Crippen LogP contribution in [0.15, 0.2) is 0 Å². The predicted octanol–water partition coefficient (Wildman–Crippen LogP) is 0.866. The maximum absolute atomic E-state index is 12.1. The Bertz CT molecular complexity index is 293. The largest absolute Gasteiger partial charge is 0.465 e. The van der Waals surface area contributed by atoms with Gasteiger partial charge in [-0.1, -0.05) is 6.92 Å². The molecule has 0 bridgehead atoms. The van der Waals surface area contributed by atoms with E-state index >= 15 is 0 Å². The molecule has 0 aromatic carbocycles. The number of rotatable bonds is 6. The second-order valence-corrected chi connectivity index (χ2v) is 4.99. The van der Waals surface area contributed by atoms with Crippen LogP contribution in [0.2, 0.25) is 0 Å². The Kier molecular flexibility index (Phi) is 4.59. The zero-order valence-electron chi connectivity index (χ0n) is 11.2. The Morgan fingerprint density at radius 2 is 2.17 bits per heavy atom. The summed E-state index contributed by atoms with van der Waals surface area (Å²) in [7, 11) is 0. The van der Waals surface area contributed by atoms with Crippen LogP contribution in [0, 0.1) is 0 Å². The molecule has 2 aliphatic rings. The predicted molar refractivity (Wildman–Crippen MR) is 66.4 cm³/mol. The SMILES string of the molecule is CCNC1(C(=O)OCC)CCC(OC2COC2)C1. The number of carbonyl (C=O) groups is 1. The molecule has 18 heavy (non-hydrogen) atoms. The molecule has 0 spiro atoms. The summed E-state index contributed by atoms with van der Waals surface area (Å²) >= 11 is 0. The molecule has 2 rings (SSSR count). The third kappa shape index (κ3) is 2.84. The summed E-state index contributed by atoms with van der Waals surface area (Å²) in [5, 5.41) is 3.30. The monoisotopic (exact) mass is 257 g/mol. The highest BCUT2D eigenvalue weighted by Crippen LogP contribution is 2.34. The van der Waals surface area contributed by atoms with Gasteiger partial charge in [0.2, 0.25) is 0 Å². The van der Waals surface area contributed by atoms with Crippen molar-refractivity contribution in [1.29, 1.82) is 0 Å². The number of nitrogens with one attached hydrogen (secondary N) is 1. The van der Waals surface area contributed by atoms with E-state index in [2.05, 4.69) is 5.32 Å². The zero-order chi connectivity index (χ0) is 13.0. The molecule has 5 heteroatoms. The van der Waals surface area contributed by atoms with Crippen molar-refractivity contribution in [3.05, 3.63) is 0 Å². The third-order valence-corrected chi connectivity index (χ3v) is 3.64. The third-order valence-electron chi connectivity index (χ3n) is 3.64. The van der Waals surface area contributed by atoms with Gasteiger partial charge < -0.3 is 19.5 Å². The van der Waals surface area contributed by atoms with Crippen molar-refractivity contribution in [2.45, 2.75) is 50.9 Å². The van der Waals surface area contributed by atoms with Crippen LogP contribution in [-0.2, 0) is 19.0 Å². The first-order chi connectivity index (χ1) is 8.70. The van der Waals surface area contributed by atoms with Gasteiger partial charge in [0, 0.05) is 6.42 Å². The van der Waals surface area contributed by atoms with E-state index < -0.39 is 5.54 Å². The summed E-state index contributed by atoms with van der Waals surface area (Å²) in [5.41, 5.74) is -0.542. The topological polar surface area (TPSA) is 56.8 Å². The number of esters is 1. The molecule has 1 aliphatic heterocycles. The molecule has 1 saturated carbocycles. The van der Waals surface area contributed by atoms with E-state index in [0.29, 0.717) is 26.2 Å². The molecule has 0 aromatic heterocycles. The summed E-state index contributed by atoms with van der Waals surface area (Å²) in [6, 6.07) is 0. The fraction of sp³-hybridized carbons (Fsp3) is 0.923. The van der Waals surface area contributed by atoms with Gasteiger partial charge in [0.15, 0.2) is 0 Å². The van der Waals surface area contributed by atoms with Crippen LogP contribution in [0.25, 0.3) is 0 Å². The second-order valence-electron chi connectivity index (χ2n) is 4.99. The van der Waals surface area contributed by atoms with Gasteiger partial charge in [0.05, 0.1) is 25.9 Å². The first-order valence-electron chi connectivity index (χ1n) is 6.85. The van der Waals surface area contributed by atoms with Gasteiger partial charge in [-0.2, -0.15) is 0 Å². The van der Waals surface area contributed by atoms with E-state index in [4.69, 9.17) is 14.2 Å². The molecule has 2 fully saturated rings. The van der Waals surface area contributed by atoms with Crippen LogP contribution >= 0.6 is 0 Å². The second kappa shape index (κ2) is 5.99. The summed E-state index contributed by atoms with van der Waals surface area (Å²) in [6.45, 7) is 6.40. The number of carbonyl (C=O) groups excluding carboxylic acids is 1. The van der Waals surface area contributed by atoms with Crippen molar-refractivity contribution in [3.8, 4) is 0 Å². The minimum atomic E-state index is -0.542. The van der Waals surface area contributed by atoms with Gasteiger partial charge >= 0.3 is 5.97 Å². The van der Waals surface area contributed by atoms with Crippen LogP contribution in [0.3, 0.4) is 0 Å². The first kappa shape index (κ1) is 13.8. The molecule has 1 N–H and O–H groups in total. The Morgan fingerprint density at radius 3 is 2.72 bits per heavy atom. The lowest BCUT2D eigenvalue weighted by molar-refractivity contribution is -0.159. The van der Waals surface area contributed by atoms with Crippen molar-refractivity contribution in [1.82, 2.24) is 5.32 Å². The molecule has 104 valence electrons. The molecule has 0 radical (unpaired) electrons. The van der Waals surface area contributed by atoms with Gasteiger partial charge in [0.25, 0.3) is 0 Å². The minimum absolute atomic E-state index is 0.136. The summed E-state index contributed by atoms with van der Waals surface area (Å²) in [6.07, 6.45) is 2.76. The van der Waals surface area contributed by atoms with Gasteiger partial charge in [-0.3, -0.25) is 4.79 Å². The van der Waals surface area contributed by atoms with Gasteiger partial charge in [-0.25, -0.2) is 0 Å². The van der Waals surface area contributed by atoms with E-state index in [1.807, 2.05) is 13.8 Å². The highest BCUT2D eigenvalue weighted by atomic mass is 16.6. The van der Waals surface area contributed by atoms with Gasteiger partial charge in [-0.15, -0.1) is 0 Å². The standard InChI is InChI=1S/C13H23NO4/c1-3-14-13(12(15)17-4-2)6-5-10(7-13)18-11-8-16-9-11/h10-11,14H,3-9H2,1-2H3. The van der Waals surface area contributed by atoms with E-state index in [9.17, 15) is 4.79 Å². The smallest absolute Gasteiger partial charge is 0.326 e. The van der Waals surface area contributed by atoms with E-state index in [-0.39, 0.29) is 18.2 Å². The van der Waals surface area contributed by atoms with Crippen LogP contribution < -0.4 is 5.32 Å². The van der Waals surface area contributed by atoms with Crippen molar-refractivity contribution >= 4 is 5.97 Å². The van der Waals surface area contributed by atoms with E-state index in [1.54, 1.807) is 0 Å². The summed E-state index contributed by atoms with van der Waals surface area (Å²) < 4.78 is 16.2. The van der Waals surface area contributed by atoms with E-state index in [0.717, 1.165) is 19.4 Å². The highest BCUT2D eigenvalue weighted by molar-refractivity contribution is 5.81. The number of hydrogen-bond donors (Lipinski definition) is 1. The molecule has 2 unspecified atom stereocenters. The average molecular weight is 257 g/mol. The Morgan fingerprint density at radius 1 is 1.39 bits per heavy atom. The van der Waals surface area contributed by atoms with Crippen LogP contribution in [0.5, 0.6) is 0 Å². The molecule has 1 aliphatic carbocycles. The van der Waals surface area contributed by atoms with E-state index in [1.165, 1.54) is 0 Å². The summed E-state index contributed by atoms with van der Waals surface area (Å²) in [5.74, 6) is -0.136. The molecule has 1 saturated heterocycles. The molecule has 0 amide bonds. The molecular formula is C13H23NO4. The molecule has 5 nitrogen and oxygen atoms in total. The van der Waals surface area contributed by atoms with Crippen molar-refractivity contribution in [2.24, 2.45) is 0 Å². The van der Waals surface area contributed by atoms with Crippen LogP contribution in [-0.4, -0.2) is 50.1 Å². The number of likely N-dealkylation sites (N-methyl/N-ethyl adjacent to an activating group) is 1. The van der Waals surface area contributed by atoms with Crippen molar-refractivity contribution < 1.29 is 19.0 Å². The molecular weight excluding hydrogens is 234 g/mol. The first-order valence-corrected chi connectivity index (χ1v) is 6.85. The summed E-state index contributed by atoms with van der Waals surface area (Å²) in [4.78, 5) is 12.1. The fourth-order valence-corrected chi connectivity index (χ4v) is 2.71. The Hall–Kier alpha value is -0.650. The molecule has 2 atom stereocenters. The number of ether oxygens (including phenoxy) is 3. The number of hydrogen-bond acceptors (Lipinski definition) is 5. The fourth-order valence-electron chi connectivity index (χ4n) is 2.71. The highest BCUT2D eigenvalue weighted by Gasteiger charge is 2.47. The molecule has 0 aromatic rings. The molecule has 1 heterocycles. The normalized spacial score (nSPS) is 32.2. The maximum atomic E-state index is 12.1. The van der Waals surface area contributed by atoms with Crippen molar-refractivity contribution in [2.75, 3.05) is 26.4 Å². The van der Waals surface area contributed by atoms with Crippen LogP contribution in [0.1, 0.15) is 33.1 Å². The van der Waals surface area contributed by atoms with Crippen molar-refractivity contribution in [3.63, 3.8) is 0 Å². The minimum Gasteiger partial charge on any atom is -0.465 e. The average Bonchev–Trinajstić information content (AvgIpc) is 2.69. The van der Waals surface area contributed by atoms with Crippen LogP contribution in [0.4, 0.5) is 0 Å². The Labute approximate surface area is 108 Å². The maximum Gasteiger partial charge on any atom is 0.326 e. The van der Waals surface area contributed by atoms with Gasteiger partial charge in [0.1, 0.15) is 11.6 Å². The quantitative estimate of drug-likeness (QED) is 0.715.